The molecule has 0 aromatic heterocycles. The maximum absolute atomic E-state index is 6.15. The summed E-state index contributed by atoms with van der Waals surface area (Å²) in [4.78, 5) is 4.19. The molecule has 92 valence electrons. The molecule has 17 heavy (non-hydrogen) atoms. The Hall–Kier alpha value is -1.42. The van der Waals surface area contributed by atoms with Gasteiger partial charge in [0.15, 0.2) is 5.96 Å². The molecule has 2 rings (SSSR count). The van der Waals surface area contributed by atoms with Crippen LogP contribution in [0.2, 0.25) is 5.02 Å². The summed E-state index contributed by atoms with van der Waals surface area (Å²) >= 11 is 6.15. The number of ether oxygens (including phenoxy) is 1. The molecule has 0 amide bonds. The van der Waals surface area contributed by atoms with E-state index in [-0.39, 0.29) is 6.04 Å². The summed E-state index contributed by atoms with van der Waals surface area (Å²) in [6, 6.07) is 5.61. The molecule has 0 aliphatic carbocycles. The first-order chi connectivity index (χ1) is 8.22. The van der Waals surface area contributed by atoms with Crippen LogP contribution in [0, 0.1) is 0 Å². The highest BCUT2D eigenvalue weighted by Gasteiger charge is 2.26. The fourth-order valence-corrected chi connectivity index (χ4v) is 2.11. The number of nitrogens with zero attached hydrogens (tertiary/aromatic N) is 1. The molecular formula is C12H16ClN3O. The van der Waals surface area contributed by atoms with Gasteiger partial charge in [-0.1, -0.05) is 24.6 Å². The van der Waals surface area contributed by atoms with E-state index in [9.17, 15) is 0 Å². The average molecular weight is 254 g/mol. The summed E-state index contributed by atoms with van der Waals surface area (Å²) in [6.07, 6.45) is 0.973. The van der Waals surface area contributed by atoms with Gasteiger partial charge in [0.05, 0.1) is 6.04 Å². The number of aliphatic imine (C=N–C) groups is 1. The predicted octanol–water partition coefficient (Wildman–Crippen LogP) is 2.09. The van der Waals surface area contributed by atoms with E-state index in [1.165, 1.54) is 0 Å². The maximum atomic E-state index is 6.15. The zero-order chi connectivity index (χ0) is 12.3. The lowest BCUT2D eigenvalue weighted by Crippen LogP contribution is -2.36. The first kappa shape index (κ1) is 12.0. The van der Waals surface area contributed by atoms with Crippen LogP contribution in [0.1, 0.15) is 24.9 Å². The van der Waals surface area contributed by atoms with Gasteiger partial charge >= 0.3 is 0 Å². The summed E-state index contributed by atoms with van der Waals surface area (Å²) in [6.45, 7) is 3.31. The molecule has 4 nitrogen and oxygen atoms in total. The predicted molar refractivity (Wildman–Crippen MR) is 69.6 cm³/mol. The molecule has 1 atom stereocenters. The van der Waals surface area contributed by atoms with Gasteiger partial charge in [-0.15, -0.1) is 0 Å². The number of nitrogens with one attached hydrogen (secondary N) is 1. The molecular weight excluding hydrogens is 238 g/mol. The van der Waals surface area contributed by atoms with Gasteiger partial charge in [0, 0.05) is 17.1 Å². The highest BCUT2D eigenvalue weighted by atomic mass is 35.5. The van der Waals surface area contributed by atoms with Crippen molar-refractivity contribution >= 4 is 17.6 Å². The molecule has 1 unspecified atom stereocenters. The quantitative estimate of drug-likeness (QED) is 0.641. The average Bonchev–Trinajstić information content (AvgIpc) is 2.71. The molecule has 1 aromatic rings. The third kappa shape index (κ3) is 2.64. The standard InChI is InChI=1S/C12H16ClN3O/c1-2-6-15-12(14)16-9-7-17-10-5-3-4-8(13)11(9)10/h3-5,9H,2,6-7H2,1H3,(H3,14,15,16). The van der Waals surface area contributed by atoms with Crippen LogP contribution in [0.25, 0.3) is 0 Å². The zero-order valence-corrected chi connectivity index (χ0v) is 10.5. The van der Waals surface area contributed by atoms with Crippen molar-refractivity contribution < 1.29 is 4.74 Å². The van der Waals surface area contributed by atoms with Crippen molar-refractivity contribution in [3.8, 4) is 5.75 Å². The lowest BCUT2D eigenvalue weighted by Gasteiger charge is -2.13. The van der Waals surface area contributed by atoms with Crippen molar-refractivity contribution in [2.24, 2.45) is 10.7 Å². The smallest absolute Gasteiger partial charge is 0.189 e. The molecule has 3 N–H and O–H groups in total. The molecule has 5 heteroatoms. The van der Waals surface area contributed by atoms with Crippen LogP contribution in [0.4, 0.5) is 0 Å². The molecule has 1 aromatic carbocycles. The van der Waals surface area contributed by atoms with Gasteiger partial charge in [-0.3, -0.25) is 4.99 Å². The lowest BCUT2D eigenvalue weighted by molar-refractivity contribution is 0.324. The normalized spacial score (nSPS) is 18.7. The third-order valence-electron chi connectivity index (χ3n) is 2.59. The van der Waals surface area contributed by atoms with Crippen LogP contribution < -0.4 is 15.8 Å². The van der Waals surface area contributed by atoms with E-state index in [1.54, 1.807) is 0 Å². The Morgan fingerprint density at radius 3 is 3.24 bits per heavy atom. The second kappa shape index (κ2) is 5.27. The van der Waals surface area contributed by atoms with E-state index in [0.717, 1.165) is 24.3 Å². The van der Waals surface area contributed by atoms with E-state index in [2.05, 4.69) is 17.2 Å². The molecule has 0 saturated carbocycles. The highest BCUT2D eigenvalue weighted by Crippen LogP contribution is 2.37. The van der Waals surface area contributed by atoms with Crippen LogP contribution in [0.15, 0.2) is 23.2 Å². The minimum absolute atomic E-state index is 0.0145. The minimum Gasteiger partial charge on any atom is -0.491 e. The zero-order valence-electron chi connectivity index (χ0n) is 9.74. The van der Waals surface area contributed by atoms with Crippen LogP contribution in [-0.4, -0.2) is 19.1 Å². The summed E-state index contributed by atoms with van der Waals surface area (Å²) in [5.41, 5.74) is 6.75. The lowest BCUT2D eigenvalue weighted by atomic mass is 10.1. The molecule has 0 saturated heterocycles. The third-order valence-corrected chi connectivity index (χ3v) is 2.92. The topological polar surface area (TPSA) is 59.6 Å². The number of fused-ring (bicyclic) bond motifs is 1. The molecule has 0 fully saturated rings. The van der Waals surface area contributed by atoms with Gasteiger partial charge in [0.1, 0.15) is 12.4 Å². The van der Waals surface area contributed by atoms with Crippen LogP contribution in [0.3, 0.4) is 0 Å². The molecule has 1 heterocycles. The monoisotopic (exact) mass is 253 g/mol. The number of benzene rings is 1. The fraction of sp³-hybridized carbons (Fsp3) is 0.417. The first-order valence-electron chi connectivity index (χ1n) is 5.70. The molecule has 0 bridgehead atoms. The Morgan fingerprint density at radius 2 is 2.47 bits per heavy atom. The number of rotatable bonds is 3. The second-order valence-corrected chi connectivity index (χ2v) is 4.33. The summed E-state index contributed by atoms with van der Waals surface area (Å²) < 4.78 is 5.54. The number of halogens is 1. The maximum Gasteiger partial charge on any atom is 0.189 e. The Kier molecular flexibility index (Phi) is 3.74. The Balaban J connectivity index is 2.12. The van der Waals surface area contributed by atoms with Crippen molar-refractivity contribution in [3.05, 3.63) is 28.8 Å². The molecule has 0 radical (unpaired) electrons. The second-order valence-electron chi connectivity index (χ2n) is 3.93. The molecule has 1 aliphatic rings. The highest BCUT2D eigenvalue weighted by molar-refractivity contribution is 6.31. The van der Waals surface area contributed by atoms with E-state index in [1.807, 2.05) is 18.2 Å². The van der Waals surface area contributed by atoms with Gasteiger partial charge in [0.2, 0.25) is 0 Å². The van der Waals surface area contributed by atoms with Crippen LogP contribution in [0.5, 0.6) is 5.75 Å². The largest absolute Gasteiger partial charge is 0.491 e. The van der Waals surface area contributed by atoms with Crippen LogP contribution >= 0.6 is 11.6 Å². The number of guanidine groups is 1. The Labute approximate surface area is 106 Å². The van der Waals surface area contributed by atoms with E-state index < -0.39 is 0 Å². The van der Waals surface area contributed by atoms with Crippen LogP contribution in [-0.2, 0) is 0 Å². The van der Waals surface area contributed by atoms with Gasteiger partial charge < -0.3 is 15.8 Å². The van der Waals surface area contributed by atoms with Gasteiger partial charge in [-0.2, -0.15) is 0 Å². The number of hydrogen-bond donors (Lipinski definition) is 2. The van der Waals surface area contributed by atoms with Gasteiger partial charge in [0.25, 0.3) is 0 Å². The number of hydrogen-bond acceptors (Lipinski definition) is 2. The van der Waals surface area contributed by atoms with E-state index in [4.69, 9.17) is 22.1 Å². The van der Waals surface area contributed by atoms with E-state index in [0.29, 0.717) is 17.6 Å². The molecule has 1 aliphatic heterocycles. The SMILES string of the molecule is CCCN=C(N)NC1COc2cccc(Cl)c21. The van der Waals surface area contributed by atoms with Crippen molar-refractivity contribution in [1.29, 1.82) is 0 Å². The fourth-order valence-electron chi connectivity index (χ4n) is 1.81. The van der Waals surface area contributed by atoms with Crippen molar-refractivity contribution in [1.82, 2.24) is 5.32 Å². The molecule has 0 spiro atoms. The van der Waals surface area contributed by atoms with Crippen molar-refractivity contribution in [2.45, 2.75) is 19.4 Å². The minimum atomic E-state index is -0.0145. The summed E-state index contributed by atoms with van der Waals surface area (Å²) in [5, 5.41) is 3.82. The Bertz CT molecular complexity index is 434. The summed E-state index contributed by atoms with van der Waals surface area (Å²) in [5.74, 6) is 1.26. The Morgan fingerprint density at radius 1 is 1.65 bits per heavy atom. The van der Waals surface area contributed by atoms with Gasteiger partial charge in [-0.25, -0.2) is 0 Å². The van der Waals surface area contributed by atoms with Crippen molar-refractivity contribution in [2.75, 3.05) is 13.2 Å². The number of nitrogens with two attached hydrogens (primary N) is 1. The van der Waals surface area contributed by atoms with Gasteiger partial charge in [-0.05, 0) is 18.6 Å². The summed E-state index contributed by atoms with van der Waals surface area (Å²) in [7, 11) is 0. The van der Waals surface area contributed by atoms with E-state index >= 15 is 0 Å². The van der Waals surface area contributed by atoms with Crippen molar-refractivity contribution in [3.63, 3.8) is 0 Å². The first-order valence-corrected chi connectivity index (χ1v) is 6.07.